The van der Waals surface area contributed by atoms with Gasteiger partial charge >= 0.3 is 0 Å². The molecule has 0 fully saturated rings. The van der Waals surface area contributed by atoms with E-state index in [1.165, 1.54) is 35.6 Å². The molecule has 0 radical (unpaired) electrons. The lowest BCUT2D eigenvalue weighted by Crippen LogP contribution is -2.12. The third-order valence-corrected chi connectivity index (χ3v) is 3.82. The fraction of sp³-hybridized carbons (Fsp3) is 0. The van der Waals surface area contributed by atoms with Crippen molar-refractivity contribution in [3.05, 3.63) is 65.4 Å². The number of rotatable bonds is 3. The van der Waals surface area contributed by atoms with Crippen LogP contribution in [0.3, 0.4) is 0 Å². The van der Waals surface area contributed by atoms with E-state index >= 15 is 0 Å². The Balaban J connectivity index is 1.78. The summed E-state index contributed by atoms with van der Waals surface area (Å²) in [5, 5.41) is 14.3. The normalized spacial score (nSPS) is 10.4. The molecule has 110 valence electrons. The molecule has 1 heterocycles. The van der Waals surface area contributed by atoms with Gasteiger partial charge in [0.1, 0.15) is 22.3 Å². The lowest BCUT2D eigenvalue weighted by Gasteiger charge is -2.03. The maximum absolute atomic E-state index is 12.9. The molecule has 0 spiro atoms. The Hall–Kier alpha value is -2.73. The van der Waals surface area contributed by atoms with E-state index in [2.05, 4.69) is 10.3 Å². The van der Waals surface area contributed by atoms with Crippen molar-refractivity contribution in [2.24, 2.45) is 0 Å². The molecule has 22 heavy (non-hydrogen) atoms. The van der Waals surface area contributed by atoms with E-state index < -0.39 is 0 Å². The number of hydrogen-bond donors (Lipinski definition) is 2. The quantitative estimate of drug-likeness (QED) is 0.770. The molecule has 0 aliphatic rings. The number of aromatic hydroxyl groups is 1. The lowest BCUT2D eigenvalue weighted by atomic mass is 10.2. The Morgan fingerprint density at radius 1 is 1.18 bits per heavy atom. The van der Waals surface area contributed by atoms with Crippen molar-refractivity contribution in [2.75, 3.05) is 5.32 Å². The van der Waals surface area contributed by atoms with Crippen molar-refractivity contribution in [1.82, 2.24) is 4.98 Å². The first-order chi connectivity index (χ1) is 10.6. The average Bonchev–Trinajstić information content (AvgIpc) is 2.98. The van der Waals surface area contributed by atoms with Gasteiger partial charge in [0, 0.05) is 22.7 Å². The van der Waals surface area contributed by atoms with Crippen LogP contribution < -0.4 is 5.32 Å². The van der Waals surface area contributed by atoms with Gasteiger partial charge in [0.25, 0.3) is 5.91 Å². The molecule has 4 nitrogen and oxygen atoms in total. The van der Waals surface area contributed by atoms with Crippen molar-refractivity contribution >= 4 is 22.9 Å². The number of benzene rings is 2. The third-order valence-electron chi connectivity index (χ3n) is 2.93. The van der Waals surface area contributed by atoms with Gasteiger partial charge < -0.3 is 10.4 Å². The van der Waals surface area contributed by atoms with Crippen LogP contribution in [0.2, 0.25) is 0 Å². The highest BCUT2D eigenvalue weighted by atomic mass is 32.1. The predicted octanol–water partition coefficient (Wildman–Crippen LogP) is 3.91. The Kier molecular flexibility index (Phi) is 3.84. The Morgan fingerprint density at radius 3 is 2.68 bits per heavy atom. The average molecular weight is 314 g/mol. The van der Waals surface area contributed by atoms with Gasteiger partial charge in [0.2, 0.25) is 0 Å². The second-order valence-electron chi connectivity index (χ2n) is 4.55. The molecule has 3 rings (SSSR count). The van der Waals surface area contributed by atoms with Gasteiger partial charge in [-0.15, -0.1) is 11.3 Å². The van der Waals surface area contributed by atoms with Crippen LogP contribution in [-0.2, 0) is 0 Å². The number of aromatic nitrogens is 1. The highest BCUT2D eigenvalue weighted by Gasteiger charge is 2.12. The van der Waals surface area contributed by atoms with E-state index in [1.54, 1.807) is 29.6 Å². The molecule has 0 saturated carbocycles. The van der Waals surface area contributed by atoms with Gasteiger partial charge in [-0.25, -0.2) is 9.37 Å². The van der Waals surface area contributed by atoms with Gasteiger partial charge in [-0.3, -0.25) is 4.79 Å². The molecule has 1 aromatic heterocycles. The molecule has 0 saturated heterocycles. The number of nitrogens with one attached hydrogen (secondary N) is 1. The second kappa shape index (κ2) is 5.95. The third kappa shape index (κ3) is 3.12. The van der Waals surface area contributed by atoms with Crippen molar-refractivity contribution < 1.29 is 14.3 Å². The molecule has 0 bridgehead atoms. The van der Waals surface area contributed by atoms with Gasteiger partial charge in [-0.1, -0.05) is 6.07 Å². The maximum atomic E-state index is 12.9. The van der Waals surface area contributed by atoms with Gasteiger partial charge in [-0.05, 0) is 36.4 Å². The molecule has 0 unspecified atom stereocenters. The molecular weight excluding hydrogens is 303 g/mol. The largest absolute Gasteiger partial charge is 0.508 e. The minimum atomic E-state index is -0.366. The van der Waals surface area contributed by atoms with Crippen LogP contribution in [0, 0.1) is 5.82 Å². The summed E-state index contributed by atoms with van der Waals surface area (Å²) in [5.41, 5.74) is 1.51. The number of thiazole rings is 1. The molecule has 6 heteroatoms. The van der Waals surface area contributed by atoms with E-state index in [0.29, 0.717) is 10.7 Å². The number of amides is 1. The molecule has 0 aliphatic heterocycles. The minimum Gasteiger partial charge on any atom is -0.508 e. The summed E-state index contributed by atoms with van der Waals surface area (Å²) in [6.45, 7) is 0. The zero-order valence-electron chi connectivity index (χ0n) is 11.3. The van der Waals surface area contributed by atoms with Crippen molar-refractivity contribution in [1.29, 1.82) is 0 Å². The molecule has 2 aromatic carbocycles. The summed E-state index contributed by atoms with van der Waals surface area (Å²) in [5.74, 6) is -0.611. The topological polar surface area (TPSA) is 62.2 Å². The minimum absolute atomic E-state index is 0.0723. The van der Waals surface area contributed by atoms with Crippen LogP contribution in [0.15, 0.2) is 53.9 Å². The number of nitrogens with zero attached hydrogens (tertiary/aromatic N) is 1. The number of hydrogen-bond acceptors (Lipinski definition) is 4. The van der Waals surface area contributed by atoms with Gasteiger partial charge in [-0.2, -0.15) is 0 Å². The zero-order valence-corrected chi connectivity index (χ0v) is 12.1. The Labute approximate surface area is 129 Å². The first-order valence-corrected chi connectivity index (χ1v) is 7.31. The molecule has 0 atom stereocenters. The summed E-state index contributed by atoms with van der Waals surface area (Å²) in [4.78, 5) is 16.4. The van der Waals surface area contributed by atoms with E-state index in [9.17, 15) is 14.3 Å². The SMILES string of the molecule is O=C(Nc1cccc(O)c1)c1csc(-c2ccc(F)cc2)n1. The number of carbonyl (C=O) groups excluding carboxylic acids is 1. The fourth-order valence-electron chi connectivity index (χ4n) is 1.88. The van der Waals surface area contributed by atoms with Crippen LogP contribution in [0.25, 0.3) is 10.6 Å². The summed E-state index contributed by atoms with van der Waals surface area (Å²) in [6.07, 6.45) is 0. The standard InChI is InChI=1S/C16H11FN2O2S/c17-11-6-4-10(5-7-11)16-19-14(9-22-16)15(21)18-12-2-1-3-13(20)8-12/h1-9,20H,(H,18,21). The second-order valence-corrected chi connectivity index (χ2v) is 5.41. The number of anilines is 1. The van der Waals surface area contributed by atoms with Crippen molar-refractivity contribution in [3.63, 3.8) is 0 Å². The maximum Gasteiger partial charge on any atom is 0.275 e. The number of carbonyl (C=O) groups is 1. The van der Waals surface area contributed by atoms with Crippen molar-refractivity contribution in [3.8, 4) is 16.3 Å². The molecule has 3 aromatic rings. The van der Waals surface area contributed by atoms with Crippen LogP contribution >= 0.6 is 11.3 Å². The molecular formula is C16H11FN2O2S. The van der Waals surface area contributed by atoms with Crippen LogP contribution in [0.5, 0.6) is 5.75 Å². The summed E-state index contributed by atoms with van der Waals surface area (Å²) >= 11 is 1.31. The van der Waals surface area contributed by atoms with E-state index in [-0.39, 0.29) is 23.2 Å². The Bertz CT molecular complexity index is 815. The molecule has 0 aliphatic carbocycles. The van der Waals surface area contributed by atoms with E-state index in [4.69, 9.17) is 0 Å². The zero-order chi connectivity index (χ0) is 15.5. The van der Waals surface area contributed by atoms with Crippen LogP contribution in [0.1, 0.15) is 10.5 Å². The first kappa shape index (κ1) is 14.2. The summed E-state index contributed by atoms with van der Waals surface area (Å²) in [6, 6.07) is 12.2. The van der Waals surface area contributed by atoms with Crippen LogP contribution in [0.4, 0.5) is 10.1 Å². The number of phenolic OH excluding ortho intramolecular Hbond substituents is 1. The number of halogens is 1. The smallest absolute Gasteiger partial charge is 0.275 e. The van der Waals surface area contributed by atoms with Gasteiger partial charge in [0.15, 0.2) is 0 Å². The van der Waals surface area contributed by atoms with E-state index in [1.807, 2.05) is 0 Å². The van der Waals surface area contributed by atoms with Crippen LogP contribution in [-0.4, -0.2) is 16.0 Å². The summed E-state index contributed by atoms with van der Waals surface area (Å²) < 4.78 is 12.9. The van der Waals surface area contributed by atoms with E-state index in [0.717, 1.165) is 5.56 Å². The number of phenols is 1. The molecule has 2 N–H and O–H groups in total. The summed E-state index contributed by atoms with van der Waals surface area (Å²) in [7, 11) is 0. The van der Waals surface area contributed by atoms with Crippen molar-refractivity contribution in [2.45, 2.75) is 0 Å². The monoisotopic (exact) mass is 314 g/mol. The fourth-order valence-corrected chi connectivity index (χ4v) is 2.69. The van der Waals surface area contributed by atoms with Gasteiger partial charge in [0.05, 0.1) is 0 Å². The molecule has 1 amide bonds. The highest BCUT2D eigenvalue weighted by molar-refractivity contribution is 7.13. The Morgan fingerprint density at radius 2 is 1.95 bits per heavy atom. The predicted molar refractivity (Wildman–Crippen MR) is 83.6 cm³/mol. The first-order valence-electron chi connectivity index (χ1n) is 6.44. The highest BCUT2D eigenvalue weighted by Crippen LogP contribution is 2.24. The lowest BCUT2D eigenvalue weighted by molar-refractivity contribution is 0.102.